The summed E-state index contributed by atoms with van der Waals surface area (Å²) in [6, 6.07) is 4.55. The van der Waals surface area contributed by atoms with Crippen LogP contribution in [0.15, 0.2) is 18.2 Å². The molecule has 0 atom stereocenters. The first kappa shape index (κ1) is 14.8. The van der Waals surface area contributed by atoms with Crippen molar-refractivity contribution in [1.82, 2.24) is 5.32 Å². The summed E-state index contributed by atoms with van der Waals surface area (Å²) in [5.74, 6) is -1.88. The van der Waals surface area contributed by atoms with Crippen LogP contribution in [-0.4, -0.2) is 17.0 Å². The van der Waals surface area contributed by atoms with Crippen molar-refractivity contribution in [3.8, 4) is 0 Å². The average Bonchev–Trinajstić information content (AvgIpc) is 2.35. The third-order valence-corrected chi connectivity index (χ3v) is 4.06. The molecule has 1 aliphatic carbocycles. The molecule has 0 bridgehead atoms. The molecule has 1 aromatic rings. The van der Waals surface area contributed by atoms with E-state index in [9.17, 15) is 14.0 Å². The zero-order valence-corrected chi connectivity index (χ0v) is 11.5. The van der Waals surface area contributed by atoms with Gasteiger partial charge < -0.3 is 10.4 Å². The van der Waals surface area contributed by atoms with Gasteiger partial charge in [-0.25, -0.2) is 4.39 Å². The molecule has 0 unspecified atom stereocenters. The van der Waals surface area contributed by atoms with E-state index in [4.69, 9.17) is 16.7 Å². The minimum atomic E-state index is -0.937. The highest BCUT2D eigenvalue weighted by atomic mass is 35.5. The second kappa shape index (κ2) is 5.79. The number of carbonyl (C=O) groups excluding carboxylic acids is 1. The molecule has 108 valence electrons. The summed E-state index contributed by atoms with van der Waals surface area (Å²) in [5, 5.41) is 11.7. The summed E-state index contributed by atoms with van der Waals surface area (Å²) < 4.78 is 13.6. The van der Waals surface area contributed by atoms with Gasteiger partial charge in [0, 0.05) is 18.5 Å². The predicted octanol–water partition coefficient (Wildman–Crippen LogP) is 2.74. The lowest BCUT2D eigenvalue weighted by Crippen LogP contribution is -2.42. The second-order valence-electron chi connectivity index (χ2n) is 5.11. The summed E-state index contributed by atoms with van der Waals surface area (Å²) in [5.41, 5.74) is -0.652. The molecule has 6 heteroatoms. The first-order valence-corrected chi connectivity index (χ1v) is 6.75. The Labute approximate surface area is 120 Å². The van der Waals surface area contributed by atoms with Crippen molar-refractivity contribution in [1.29, 1.82) is 0 Å². The molecule has 1 saturated carbocycles. The van der Waals surface area contributed by atoms with Crippen molar-refractivity contribution in [3.63, 3.8) is 0 Å². The maximum absolute atomic E-state index is 13.6. The number of aliphatic carboxylic acids is 1. The van der Waals surface area contributed by atoms with Crippen LogP contribution in [-0.2, 0) is 16.1 Å². The van der Waals surface area contributed by atoms with Gasteiger partial charge in [-0.2, -0.15) is 0 Å². The molecule has 4 nitrogen and oxygen atoms in total. The molecule has 0 heterocycles. The van der Waals surface area contributed by atoms with Gasteiger partial charge in [0.1, 0.15) is 5.82 Å². The number of carboxylic acid groups (broad SMARTS) is 1. The molecule has 2 rings (SSSR count). The lowest BCUT2D eigenvalue weighted by atomic mass is 9.66. The molecule has 1 amide bonds. The number of amides is 1. The Bertz CT molecular complexity index is 543. The Hall–Kier alpha value is -1.62. The summed E-state index contributed by atoms with van der Waals surface area (Å²) in [6.45, 7) is 0.000918. The van der Waals surface area contributed by atoms with E-state index in [0.717, 1.165) is 6.42 Å². The van der Waals surface area contributed by atoms with Crippen LogP contribution in [0.3, 0.4) is 0 Å². The Kier molecular flexibility index (Phi) is 4.28. The van der Waals surface area contributed by atoms with Crippen LogP contribution in [0.25, 0.3) is 0 Å². The van der Waals surface area contributed by atoms with Gasteiger partial charge in [-0.15, -0.1) is 0 Å². The highest BCUT2D eigenvalue weighted by Gasteiger charge is 2.45. The topological polar surface area (TPSA) is 66.4 Å². The van der Waals surface area contributed by atoms with Crippen molar-refractivity contribution < 1.29 is 19.1 Å². The number of hydrogen-bond donors (Lipinski definition) is 2. The Morgan fingerprint density at radius 3 is 2.65 bits per heavy atom. The Morgan fingerprint density at radius 1 is 1.40 bits per heavy atom. The van der Waals surface area contributed by atoms with Gasteiger partial charge in [0.15, 0.2) is 0 Å². The minimum absolute atomic E-state index is 0.000918. The third kappa shape index (κ3) is 2.93. The van der Waals surface area contributed by atoms with Crippen LogP contribution in [0.2, 0.25) is 5.02 Å². The van der Waals surface area contributed by atoms with E-state index < -0.39 is 17.2 Å². The Morgan fingerprint density at radius 2 is 2.10 bits per heavy atom. The number of carbonyl (C=O) groups is 2. The maximum atomic E-state index is 13.6. The SMILES string of the molecule is O=C(CC1(C(=O)O)CCC1)NCc1cccc(Cl)c1F. The standard InChI is InChI=1S/C14H15ClFNO3/c15-10-4-1-3-9(12(10)16)8-17-11(18)7-14(13(19)20)5-2-6-14/h1,3-4H,2,5-8H2,(H,17,18)(H,19,20). The van der Waals surface area contributed by atoms with E-state index in [-0.39, 0.29) is 29.5 Å². The van der Waals surface area contributed by atoms with E-state index in [1.807, 2.05) is 0 Å². The fraction of sp³-hybridized carbons (Fsp3) is 0.429. The number of hydrogen-bond acceptors (Lipinski definition) is 2. The van der Waals surface area contributed by atoms with Crippen molar-refractivity contribution in [2.45, 2.75) is 32.2 Å². The van der Waals surface area contributed by atoms with Gasteiger partial charge in [0.05, 0.1) is 10.4 Å². The van der Waals surface area contributed by atoms with Crippen LogP contribution in [0, 0.1) is 11.2 Å². The average molecular weight is 300 g/mol. The normalized spacial score (nSPS) is 16.3. The van der Waals surface area contributed by atoms with Gasteiger partial charge in [0.2, 0.25) is 5.91 Å². The van der Waals surface area contributed by atoms with Gasteiger partial charge in [0.25, 0.3) is 0 Å². The van der Waals surface area contributed by atoms with Crippen LogP contribution >= 0.6 is 11.6 Å². The summed E-state index contributed by atoms with van der Waals surface area (Å²) in [6.07, 6.45) is 1.79. The number of nitrogens with one attached hydrogen (secondary N) is 1. The molecule has 0 spiro atoms. The fourth-order valence-electron chi connectivity index (χ4n) is 2.32. The second-order valence-corrected chi connectivity index (χ2v) is 5.51. The molecule has 2 N–H and O–H groups in total. The van der Waals surface area contributed by atoms with E-state index in [2.05, 4.69) is 5.32 Å². The molecule has 0 aromatic heterocycles. The molecule has 1 aliphatic rings. The third-order valence-electron chi connectivity index (χ3n) is 3.77. The van der Waals surface area contributed by atoms with Crippen LogP contribution in [0.4, 0.5) is 4.39 Å². The molecule has 0 aliphatic heterocycles. The summed E-state index contributed by atoms with van der Waals surface area (Å²) in [7, 11) is 0. The van der Waals surface area contributed by atoms with Crippen molar-refractivity contribution in [2.75, 3.05) is 0 Å². The lowest BCUT2D eigenvalue weighted by molar-refractivity contribution is -0.157. The monoisotopic (exact) mass is 299 g/mol. The summed E-state index contributed by atoms with van der Waals surface area (Å²) in [4.78, 5) is 23.0. The molecular formula is C14H15ClFNO3. The van der Waals surface area contributed by atoms with Gasteiger partial charge in [-0.1, -0.05) is 30.2 Å². The molecule has 1 aromatic carbocycles. The van der Waals surface area contributed by atoms with E-state index in [0.29, 0.717) is 12.8 Å². The number of halogens is 2. The lowest BCUT2D eigenvalue weighted by Gasteiger charge is -2.36. The largest absolute Gasteiger partial charge is 0.481 e. The fourth-order valence-corrected chi connectivity index (χ4v) is 2.51. The molecule has 20 heavy (non-hydrogen) atoms. The summed E-state index contributed by atoms with van der Waals surface area (Å²) >= 11 is 5.64. The van der Waals surface area contributed by atoms with Gasteiger partial charge >= 0.3 is 5.97 Å². The highest BCUT2D eigenvalue weighted by molar-refractivity contribution is 6.30. The first-order valence-electron chi connectivity index (χ1n) is 6.38. The molecular weight excluding hydrogens is 285 g/mol. The zero-order valence-electron chi connectivity index (χ0n) is 10.8. The molecule has 0 radical (unpaired) electrons. The number of rotatable bonds is 5. The number of benzene rings is 1. The minimum Gasteiger partial charge on any atom is -0.481 e. The highest BCUT2D eigenvalue weighted by Crippen LogP contribution is 2.44. The molecule has 1 fully saturated rings. The smallest absolute Gasteiger partial charge is 0.310 e. The Balaban J connectivity index is 1.92. The first-order chi connectivity index (χ1) is 9.44. The molecule has 0 saturated heterocycles. The van der Waals surface area contributed by atoms with E-state index in [1.165, 1.54) is 12.1 Å². The van der Waals surface area contributed by atoms with E-state index in [1.54, 1.807) is 6.07 Å². The zero-order chi connectivity index (χ0) is 14.8. The predicted molar refractivity (Wildman–Crippen MR) is 71.8 cm³/mol. The van der Waals surface area contributed by atoms with E-state index >= 15 is 0 Å². The number of carboxylic acids is 1. The quantitative estimate of drug-likeness (QED) is 0.878. The van der Waals surface area contributed by atoms with Crippen LogP contribution < -0.4 is 5.32 Å². The van der Waals surface area contributed by atoms with Crippen LogP contribution in [0.5, 0.6) is 0 Å². The van der Waals surface area contributed by atoms with Crippen molar-refractivity contribution in [2.24, 2.45) is 5.41 Å². The maximum Gasteiger partial charge on any atom is 0.310 e. The van der Waals surface area contributed by atoms with Crippen molar-refractivity contribution >= 4 is 23.5 Å². The van der Waals surface area contributed by atoms with Gasteiger partial charge in [-0.05, 0) is 18.9 Å². The van der Waals surface area contributed by atoms with Crippen molar-refractivity contribution in [3.05, 3.63) is 34.6 Å². The van der Waals surface area contributed by atoms with Gasteiger partial charge in [-0.3, -0.25) is 9.59 Å². The van der Waals surface area contributed by atoms with Crippen LogP contribution in [0.1, 0.15) is 31.2 Å².